The monoisotopic (exact) mass is 561 g/mol. The van der Waals surface area contributed by atoms with Gasteiger partial charge in [0.05, 0.1) is 22.0 Å². The van der Waals surface area contributed by atoms with Gasteiger partial charge in [-0.05, 0) is 68.7 Å². The fourth-order valence-corrected chi connectivity index (χ4v) is 5.08. The van der Waals surface area contributed by atoms with Crippen LogP contribution in [0.1, 0.15) is 38.3 Å². The third-order valence-corrected chi connectivity index (χ3v) is 7.36. The van der Waals surface area contributed by atoms with Gasteiger partial charge in [-0.25, -0.2) is 8.42 Å². The van der Waals surface area contributed by atoms with E-state index in [-0.39, 0.29) is 18.5 Å². The highest BCUT2D eigenvalue weighted by atomic mass is 35.5. The van der Waals surface area contributed by atoms with Crippen molar-refractivity contribution in [1.29, 1.82) is 0 Å². The van der Waals surface area contributed by atoms with Crippen molar-refractivity contribution in [2.24, 2.45) is 0 Å². The third kappa shape index (κ3) is 8.00. The molecule has 192 valence electrons. The molecule has 11 heteroatoms. The van der Waals surface area contributed by atoms with Crippen molar-refractivity contribution in [3.63, 3.8) is 0 Å². The van der Waals surface area contributed by atoms with E-state index in [9.17, 15) is 18.0 Å². The molecule has 0 saturated carbocycles. The molecule has 0 fully saturated rings. The van der Waals surface area contributed by atoms with Gasteiger partial charge in [0.1, 0.15) is 12.6 Å². The van der Waals surface area contributed by atoms with Gasteiger partial charge in [-0.1, -0.05) is 47.8 Å². The second-order valence-corrected chi connectivity index (χ2v) is 11.7. The molecule has 0 bridgehead atoms. The number of carbonyl (C=O) groups is 2. The molecule has 0 heterocycles. The van der Waals surface area contributed by atoms with Gasteiger partial charge in [0.25, 0.3) is 0 Å². The van der Waals surface area contributed by atoms with E-state index in [0.717, 1.165) is 10.6 Å². The molecule has 0 aliphatic heterocycles. The van der Waals surface area contributed by atoms with Gasteiger partial charge < -0.3 is 10.2 Å². The largest absolute Gasteiger partial charge is 0.352 e. The van der Waals surface area contributed by atoms with Crippen molar-refractivity contribution in [1.82, 2.24) is 10.2 Å². The first-order chi connectivity index (χ1) is 16.2. The number of carbonyl (C=O) groups excluding carboxylic acids is 2. The topological polar surface area (TPSA) is 86.8 Å². The normalized spacial score (nSPS) is 12.4. The first-order valence-corrected chi connectivity index (χ1v) is 14.0. The zero-order chi connectivity index (χ0) is 26.5. The fraction of sp³-hybridized carbons (Fsp3) is 0.417. The highest BCUT2D eigenvalue weighted by Crippen LogP contribution is 2.27. The van der Waals surface area contributed by atoms with Crippen LogP contribution in [0.15, 0.2) is 36.4 Å². The summed E-state index contributed by atoms with van der Waals surface area (Å²) in [5.41, 5.74) is 1.58. The van der Waals surface area contributed by atoms with Crippen LogP contribution in [0.25, 0.3) is 0 Å². The molecular weight excluding hydrogens is 533 g/mol. The standard InChI is InChI=1S/C24H30Cl3N3O4S/c1-6-21(24(32)28-15(2)3)29(13-17-7-9-19(26)20(27)12-17)23(31)14-30(35(5,33)34)22-10-8-18(25)11-16(22)4/h7-12,15,21H,6,13-14H2,1-5H3,(H,28,32). The number of rotatable bonds is 10. The molecule has 0 aliphatic carbocycles. The summed E-state index contributed by atoms with van der Waals surface area (Å²) >= 11 is 18.2. The van der Waals surface area contributed by atoms with E-state index in [1.807, 2.05) is 13.8 Å². The lowest BCUT2D eigenvalue weighted by molar-refractivity contribution is -0.140. The summed E-state index contributed by atoms with van der Waals surface area (Å²) < 4.78 is 26.4. The third-order valence-electron chi connectivity index (χ3n) is 5.26. The van der Waals surface area contributed by atoms with Crippen molar-refractivity contribution in [3.05, 3.63) is 62.6 Å². The van der Waals surface area contributed by atoms with Gasteiger partial charge in [-0.2, -0.15) is 0 Å². The molecular formula is C24H30Cl3N3O4S. The maximum absolute atomic E-state index is 13.7. The highest BCUT2D eigenvalue weighted by molar-refractivity contribution is 7.92. The molecule has 2 aromatic rings. The maximum Gasteiger partial charge on any atom is 0.244 e. The number of benzene rings is 2. The van der Waals surface area contributed by atoms with E-state index in [2.05, 4.69) is 5.32 Å². The van der Waals surface area contributed by atoms with Crippen LogP contribution in [-0.4, -0.2) is 50.0 Å². The lowest BCUT2D eigenvalue weighted by Gasteiger charge is -2.33. The Morgan fingerprint density at radius 3 is 2.20 bits per heavy atom. The van der Waals surface area contributed by atoms with Gasteiger partial charge in [-0.3, -0.25) is 13.9 Å². The van der Waals surface area contributed by atoms with Crippen LogP contribution in [-0.2, 0) is 26.2 Å². The quantitative estimate of drug-likeness (QED) is 0.439. The first kappa shape index (κ1) is 29.2. The van der Waals surface area contributed by atoms with E-state index >= 15 is 0 Å². The second kappa shape index (κ2) is 12.3. The summed E-state index contributed by atoms with van der Waals surface area (Å²) in [6.07, 6.45) is 1.35. The minimum absolute atomic E-state index is 0.0386. The minimum Gasteiger partial charge on any atom is -0.352 e. The van der Waals surface area contributed by atoms with Gasteiger partial charge in [-0.15, -0.1) is 0 Å². The van der Waals surface area contributed by atoms with Crippen LogP contribution in [0.2, 0.25) is 15.1 Å². The van der Waals surface area contributed by atoms with Crippen molar-refractivity contribution in [3.8, 4) is 0 Å². The van der Waals surface area contributed by atoms with Crippen LogP contribution in [0.3, 0.4) is 0 Å². The SMILES string of the molecule is CCC(C(=O)NC(C)C)N(Cc1ccc(Cl)c(Cl)c1)C(=O)CN(c1ccc(Cl)cc1C)S(C)(=O)=O. The van der Waals surface area contributed by atoms with Gasteiger partial charge in [0.2, 0.25) is 21.8 Å². The van der Waals surface area contributed by atoms with Crippen molar-refractivity contribution in [2.75, 3.05) is 17.1 Å². The molecule has 0 saturated heterocycles. The Hall–Kier alpha value is -2.00. The average molecular weight is 563 g/mol. The molecule has 0 spiro atoms. The second-order valence-electron chi connectivity index (χ2n) is 8.56. The Balaban J connectivity index is 2.50. The van der Waals surface area contributed by atoms with Crippen molar-refractivity contribution >= 4 is 62.3 Å². The number of amides is 2. The van der Waals surface area contributed by atoms with Crippen LogP contribution in [0, 0.1) is 6.92 Å². The Morgan fingerprint density at radius 2 is 1.69 bits per heavy atom. The molecule has 1 unspecified atom stereocenters. The van der Waals surface area contributed by atoms with Crippen LogP contribution in [0.4, 0.5) is 5.69 Å². The smallest absolute Gasteiger partial charge is 0.244 e. The zero-order valence-electron chi connectivity index (χ0n) is 20.3. The molecule has 0 aromatic heterocycles. The number of sulfonamides is 1. The summed E-state index contributed by atoms with van der Waals surface area (Å²) in [5.74, 6) is -0.869. The molecule has 35 heavy (non-hydrogen) atoms. The van der Waals surface area contributed by atoms with E-state index in [4.69, 9.17) is 34.8 Å². The van der Waals surface area contributed by atoms with Crippen molar-refractivity contribution < 1.29 is 18.0 Å². The fourth-order valence-electron chi connectivity index (χ4n) is 3.63. The Labute approximate surface area is 222 Å². The Morgan fingerprint density at radius 1 is 1.03 bits per heavy atom. The van der Waals surface area contributed by atoms with Gasteiger partial charge >= 0.3 is 0 Å². The molecule has 2 amide bonds. The molecule has 7 nitrogen and oxygen atoms in total. The molecule has 1 atom stereocenters. The molecule has 0 radical (unpaired) electrons. The highest BCUT2D eigenvalue weighted by Gasteiger charge is 2.32. The van der Waals surface area contributed by atoms with Gasteiger partial charge in [0, 0.05) is 17.6 Å². The summed E-state index contributed by atoms with van der Waals surface area (Å²) in [4.78, 5) is 28.0. The first-order valence-electron chi connectivity index (χ1n) is 11.0. The number of anilines is 1. The summed E-state index contributed by atoms with van der Waals surface area (Å²) in [6.45, 7) is 6.69. The predicted molar refractivity (Wildman–Crippen MR) is 143 cm³/mol. The van der Waals surface area contributed by atoms with Gasteiger partial charge in [0.15, 0.2) is 0 Å². The van der Waals surface area contributed by atoms with Crippen LogP contribution >= 0.6 is 34.8 Å². The Kier molecular flexibility index (Phi) is 10.3. The summed E-state index contributed by atoms with van der Waals surface area (Å²) in [6, 6.07) is 8.71. The van der Waals surface area contributed by atoms with E-state index < -0.39 is 28.5 Å². The molecule has 0 aliphatic rings. The number of hydrogen-bond acceptors (Lipinski definition) is 4. The lowest BCUT2D eigenvalue weighted by Crippen LogP contribution is -2.53. The van der Waals surface area contributed by atoms with Crippen LogP contribution in [0.5, 0.6) is 0 Å². The van der Waals surface area contributed by atoms with Crippen LogP contribution < -0.4 is 9.62 Å². The zero-order valence-corrected chi connectivity index (χ0v) is 23.4. The molecule has 2 rings (SSSR count). The minimum atomic E-state index is -3.84. The average Bonchev–Trinajstić information content (AvgIpc) is 2.73. The predicted octanol–water partition coefficient (Wildman–Crippen LogP) is 5.05. The summed E-state index contributed by atoms with van der Waals surface area (Å²) in [5, 5.41) is 3.96. The van der Waals surface area contributed by atoms with E-state index in [1.54, 1.807) is 50.2 Å². The lowest BCUT2D eigenvalue weighted by atomic mass is 10.1. The maximum atomic E-state index is 13.7. The molecule has 2 aromatic carbocycles. The number of aryl methyl sites for hydroxylation is 1. The number of hydrogen-bond donors (Lipinski definition) is 1. The van der Waals surface area contributed by atoms with Crippen molar-refractivity contribution in [2.45, 2.75) is 52.7 Å². The Bertz CT molecular complexity index is 1190. The van der Waals surface area contributed by atoms with E-state index in [1.165, 1.54) is 4.90 Å². The number of nitrogens with zero attached hydrogens (tertiary/aromatic N) is 2. The molecule has 1 N–H and O–H groups in total. The summed E-state index contributed by atoms with van der Waals surface area (Å²) in [7, 11) is -3.84. The number of halogens is 3. The number of nitrogens with one attached hydrogen (secondary N) is 1. The van der Waals surface area contributed by atoms with E-state index in [0.29, 0.717) is 38.3 Å².